The summed E-state index contributed by atoms with van der Waals surface area (Å²) in [5.41, 5.74) is 3.88. The van der Waals surface area contributed by atoms with E-state index in [0.717, 1.165) is 35.2 Å². The Morgan fingerprint density at radius 3 is 2.83 bits per heavy atom. The fourth-order valence-electron chi connectivity index (χ4n) is 3.16. The lowest BCUT2D eigenvalue weighted by atomic mass is 9.94. The van der Waals surface area contributed by atoms with Crippen LogP contribution in [0.1, 0.15) is 50.5 Å². The van der Waals surface area contributed by atoms with Crippen molar-refractivity contribution in [2.24, 2.45) is 0 Å². The van der Waals surface area contributed by atoms with Crippen molar-refractivity contribution in [3.8, 4) is 0 Å². The van der Waals surface area contributed by atoms with Gasteiger partial charge in [-0.25, -0.2) is 0 Å². The van der Waals surface area contributed by atoms with Crippen LogP contribution in [0.5, 0.6) is 0 Å². The van der Waals surface area contributed by atoms with Crippen LogP contribution in [-0.4, -0.2) is 28.6 Å². The highest BCUT2D eigenvalue weighted by atomic mass is 35.5. The summed E-state index contributed by atoms with van der Waals surface area (Å²) in [6.45, 7) is 2.31. The standard InChI is InChI=1S/C18H19ClN2O2/c1-11-16-14(7-4-8-15(16)22)20-17(11)18(23)21(2)10-12-5-3-6-13(19)9-12/h3,5-6,9,20H,4,7-8,10H2,1-2H3. The summed E-state index contributed by atoms with van der Waals surface area (Å²) in [5, 5.41) is 0.653. The quantitative estimate of drug-likeness (QED) is 0.931. The Labute approximate surface area is 140 Å². The number of amides is 1. The molecule has 1 aromatic carbocycles. The van der Waals surface area contributed by atoms with Crippen LogP contribution >= 0.6 is 11.6 Å². The van der Waals surface area contributed by atoms with Gasteiger partial charge in [0.15, 0.2) is 5.78 Å². The van der Waals surface area contributed by atoms with Crippen LogP contribution in [-0.2, 0) is 13.0 Å². The van der Waals surface area contributed by atoms with E-state index in [-0.39, 0.29) is 11.7 Å². The van der Waals surface area contributed by atoms with E-state index in [4.69, 9.17) is 11.6 Å². The molecular formula is C18H19ClN2O2. The van der Waals surface area contributed by atoms with Crippen molar-refractivity contribution in [2.75, 3.05) is 7.05 Å². The van der Waals surface area contributed by atoms with Crippen molar-refractivity contribution in [2.45, 2.75) is 32.7 Å². The van der Waals surface area contributed by atoms with E-state index >= 15 is 0 Å². The smallest absolute Gasteiger partial charge is 0.270 e. The number of ketones is 1. The molecule has 1 heterocycles. The van der Waals surface area contributed by atoms with Gasteiger partial charge < -0.3 is 9.88 Å². The summed E-state index contributed by atoms with van der Waals surface area (Å²) >= 11 is 5.99. The zero-order valence-electron chi connectivity index (χ0n) is 13.3. The first-order valence-corrected chi connectivity index (χ1v) is 8.09. The first-order valence-electron chi connectivity index (χ1n) is 7.72. The molecule has 0 atom stereocenters. The number of carbonyl (C=O) groups is 2. The molecule has 0 aliphatic heterocycles. The predicted molar refractivity (Wildman–Crippen MR) is 90.0 cm³/mol. The Kier molecular flexibility index (Phi) is 4.26. The van der Waals surface area contributed by atoms with E-state index in [9.17, 15) is 9.59 Å². The number of hydrogen-bond acceptors (Lipinski definition) is 2. The molecule has 4 nitrogen and oxygen atoms in total. The molecule has 0 spiro atoms. The van der Waals surface area contributed by atoms with Gasteiger partial charge in [0.1, 0.15) is 5.69 Å². The van der Waals surface area contributed by atoms with Crippen molar-refractivity contribution >= 4 is 23.3 Å². The largest absolute Gasteiger partial charge is 0.354 e. The third-order valence-electron chi connectivity index (χ3n) is 4.31. The molecule has 2 aromatic rings. The molecule has 3 rings (SSSR count). The molecule has 0 fully saturated rings. The summed E-state index contributed by atoms with van der Waals surface area (Å²) in [5.74, 6) is 0.0289. The molecule has 0 radical (unpaired) electrons. The Bertz CT molecular complexity index is 779. The second-order valence-corrected chi connectivity index (χ2v) is 6.48. The van der Waals surface area contributed by atoms with E-state index in [1.165, 1.54) is 0 Å². The number of nitrogens with zero attached hydrogens (tertiary/aromatic N) is 1. The topological polar surface area (TPSA) is 53.2 Å². The highest BCUT2D eigenvalue weighted by Crippen LogP contribution is 2.27. The second kappa shape index (κ2) is 6.20. The molecule has 0 bridgehead atoms. The number of hydrogen-bond donors (Lipinski definition) is 1. The van der Waals surface area contributed by atoms with Gasteiger partial charge in [-0.05, 0) is 43.0 Å². The summed E-state index contributed by atoms with van der Waals surface area (Å²) in [6, 6.07) is 7.46. The van der Waals surface area contributed by atoms with Crippen LogP contribution in [0.25, 0.3) is 0 Å². The fraction of sp³-hybridized carbons (Fsp3) is 0.333. The molecular weight excluding hydrogens is 312 g/mol. The number of carbonyl (C=O) groups excluding carboxylic acids is 2. The van der Waals surface area contributed by atoms with Gasteiger partial charge in [0.25, 0.3) is 5.91 Å². The highest BCUT2D eigenvalue weighted by molar-refractivity contribution is 6.30. The maximum absolute atomic E-state index is 12.7. The van der Waals surface area contributed by atoms with Gasteiger partial charge in [0, 0.05) is 36.3 Å². The molecule has 1 aliphatic carbocycles. The minimum atomic E-state index is -0.107. The summed E-state index contributed by atoms with van der Waals surface area (Å²) < 4.78 is 0. The zero-order chi connectivity index (χ0) is 16.6. The van der Waals surface area contributed by atoms with Gasteiger partial charge in [-0.15, -0.1) is 0 Å². The highest BCUT2D eigenvalue weighted by Gasteiger charge is 2.27. The molecule has 5 heteroatoms. The lowest BCUT2D eigenvalue weighted by Crippen LogP contribution is -2.27. The van der Waals surface area contributed by atoms with Gasteiger partial charge >= 0.3 is 0 Å². The lowest BCUT2D eigenvalue weighted by Gasteiger charge is -2.17. The molecule has 0 unspecified atom stereocenters. The Morgan fingerprint density at radius 2 is 2.13 bits per heavy atom. The normalized spacial score (nSPS) is 13.8. The molecule has 1 aromatic heterocycles. The number of H-pyrrole nitrogens is 1. The first kappa shape index (κ1) is 15.8. The average Bonchev–Trinajstić information content (AvgIpc) is 2.85. The van der Waals surface area contributed by atoms with Crippen molar-refractivity contribution < 1.29 is 9.59 Å². The van der Waals surface area contributed by atoms with Gasteiger partial charge in [0.05, 0.1) is 0 Å². The third-order valence-corrected chi connectivity index (χ3v) is 4.54. The van der Waals surface area contributed by atoms with Crippen LogP contribution in [0.3, 0.4) is 0 Å². The van der Waals surface area contributed by atoms with Gasteiger partial charge in [-0.2, -0.15) is 0 Å². The first-order chi connectivity index (χ1) is 11.0. The number of Topliss-reactive ketones (excluding diaryl/α,β-unsaturated/α-hetero) is 1. The van der Waals surface area contributed by atoms with Crippen LogP contribution in [0.15, 0.2) is 24.3 Å². The number of nitrogens with one attached hydrogen (secondary N) is 1. The van der Waals surface area contributed by atoms with Crippen molar-refractivity contribution in [3.05, 3.63) is 57.4 Å². The average molecular weight is 331 g/mol. The predicted octanol–water partition coefficient (Wildman–Crippen LogP) is 3.77. The molecule has 0 saturated carbocycles. The van der Waals surface area contributed by atoms with E-state index < -0.39 is 0 Å². The van der Waals surface area contributed by atoms with Gasteiger partial charge in [-0.1, -0.05) is 23.7 Å². The van der Waals surface area contributed by atoms with Crippen molar-refractivity contribution in [1.29, 1.82) is 0 Å². The minimum absolute atomic E-state index is 0.107. The summed E-state index contributed by atoms with van der Waals surface area (Å²) in [7, 11) is 1.75. The van der Waals surface area contributed by atoms with Crippen LogP contribution in [0, 0.1) is 6.92 Å². The minimum Gasteiger partial charge on any atom is -0.354 e. The number of benzene rings is 1. The molecule has 1 amide bonds. The monoisotopic (exact) mass is 330 g/mol. The second-order valence-electron chi connectivity index (χ2n) is 6.05. The number of aromatic amines is 1. The Hall–Kier alpha value is -2.07. The van der Waals surface area contributed by atoms with E-state index in [1.807, 2.05) is 31.2 Å². The molecule has 1 aliphatic rings. The van der Waals surface area contributed by atoms with Crippen molar-refractivity contribution in [1.82, 2.24) is 9.88 Å². The fourth-order valence-corrected chi connectivity index (χ4v) is 3.37. The molecule has 120 valence electrons. The number of aryl methyl sites for hydroxylation is 1. The third kappa shape index (κ3) is 3.04. The number of fused-ring (bicyclic) bond motifs is 1. The van der Waals surface area contributed by atoms with Gasteiger partial charge in [0.2, 0.25) is 0 Å². The molecule has 1 N–H and O–H groups in total. The van der Waals surface area contributed by atoms with Crippen LogP contribution in [0.2, 0.25) is 5.02 Å². The van der Waals surface area contributed by atoms with Crippen LogP contribution < -0.4 is 0 Å². The number of aromatic nitrogens is 1. The SMILES string of the molecule is Cc1c(C(=O)N(C)Cc2cccc(Cl)c2)[nH]c2c1C(=O)CCC2. The maximum Gasteiger partial charge on any atom is 0.270 e. The van der Waals surface area contributed by atoms with E-state index in [2.05, 4.69) is 4.98 Å². The Morgan fingerprint density at radius 1 is 1.35 bits per heavy atom. The van der Waals surface area contributed by atoms with E-state index in [1.54, 1.807) is 11.9 Å². The van der Waals surface area contributed by atoms with E-state index in [0.29, 0.717) is 23.7 Å². The van der Waals surface area contributed by atoms with Crippen molar-refractivity contribution in [3.63, 3.8) is 0 Å². The van der Waals surface area contributed by atoms with Gasteiger partial charge in [-0.3, -0.25) is 9.59 Å². The number of rotatable bonds is 3. The summed E-state index contributed by atoms with van der Waals surface area (Å²) in [4.78, 5) is 29.6. The molecule has 23 heavy (non-hydrogen) atoms. The summed E-state index contributed by atoms with van der Waals surface area (Å²) in [6.07, 6.45) is 2.24. The van der Waals surface area contributed by atoms with Crippen LogP contribution in [0.4, 0.5) is 0 Å². The molecule has 0 saturated heterocycles. The number of halogens is 1. The lowest BCUT2D eigenvalue weighted by molar-refractivity contribution is 0.0779. The zero-order valence-corrected chi connectivity index (χ0v) is 14.0. The Balaban J connectivity index is 1.84. The maximum atomic E-state index is 12.7.